The number of fused-ring (bicyclic) bond motifs is 1. The summed E-state index contributed by atoms with van der Waals surface area (Å²) in [6, 6.07) is 9.91. The number of nitrogens with zero attached hydrogens (tertiary/aromatic N) is 1. The molecule has 2 N–H and O–H groups in total. The third-order valence-corrected chi connectivity index (χ3v) is 4.27. The Balaban J connectivity index is 1.93. The molecule has 0 radical (unpaired) electrons. The molecule has 96 valence electrons. The van der Waals surface area contributed by atoms with Gasteiger partial charge in [0.2, 0.25) is 0 Å². The lowest BCUT2D eigenvalue weighted by Gasteiger charge is -2.07. The first kappa shape index (κ1) is 12.1. The number of thioether (sulfide) groups is 1. The average molecular weight is 270 g/mol. The van der Waals surface area contributed by atoms with Gasteiger partial charge in [0.15, 0.2) is 0 Å². The Hall–Kier alpha value is -1.94. The molecule has 0 bridgehead atoms. The van der Waals surface area contributed by atoms with Crippen molar-refractivity contribution in [3.05, 3.63) is 54.1 Å². The monoisotopic (exact) mass is 270 g/mol. The van der Waals surface area contributed by atoms with Gasteiger partial charge in [-0.25, -0.2) is 0 Å². The van der Waals surface area contributed by atoms with Gasteiger partial charge < -0.3 is 10.2 Å². The molecule has 0 unspecified atom stereocenters. The Morgan fingerprint density at radius 3 is 2.95 bits per heavy atom. The zero-order valence-corrected chi connectivity index (χ0v) is 11.4. The Labute approximate surface area is 115 Å². The second-order valence-corrected chi connectivity index (χ2v) is 5.36. The maximum absolute atomic E-state index is 5.98. The molecule has 3 aromatic rings. The molecule has 0 atom stereocenters. The van der Waals surface area contributed by atoms with E-state index < -0.39 is 0 Å². The molecule has 0 amide bonds. The summed E-state index contributed by atoms with van der Waals surface area (Å²) in [5.74, 6) is 1.81. The lowest BCUT2D eigenvalue weighted by atomic mass is 10.1. The number of furan rings is 1. The van der Waals surface area contributed by atoms with Crippen molar-refractivity contribution in [2.45, 2.75) is 17.6 Å². The molecule has 0 aliphatic rings. The number of aromatic nitrogens is 1. The highest BCUT2D eigenvalue weighted by atomic mass is 32.2. The fourth-order valence-corrected chi connectivity index (χ4v) is 3.00. The maximum atomic E-state index is 5.98. The van der Waals surface area contributed by atoms with Crippen LogP contribution < -0.4 is 5.73 Å². The summed E-state index contributed by atoms with van der Waals surface area (Å²) in [4.78, 5) is 5.62. The normalized spacial score (nSPS) is 11.0. The molecule has 0 saturated heterocycles. The van der Waals surface area contributed by atoms with Gasteiger partial charge in [0.1, 0.15) is 5.76 Å². The van der Waals surface area contributed by atoms with Gasteiger partial charge in [-0.05, 0) is 36.8 Å². The summed E-state index contributed by atoms with van der Waals surface area (Å²) in [6.45, 7) is 1.97. The standard InChI is InChI=1S/C15H14N2OS/c1-10-14(6-8-18-10)19-9-11-4-5-13(16)12-3-2-7-17-15(11)12/h2-8H,9,16H2,1H3. The highest BCUT2D eigenvalue weighted by Gasteiger charge is 2.07. The van der Waals surface area contributed by atoms with Crippen LogP contribution in [0.15, 0.2) is 52.1 Å². The molecule has 0 aliphatic carbocycles. The zero-order chi connectivity index (χ0) is 13.2. The van der Waals surface area contributed by atoms with Crippen molar-refractivity contribution in [1.82, 2.24) is 4.98 Å². The van der Waals surface area contributed by atoms with Crippen LogP contribution in [0.25, 0.3) is 10.9 Å². The van der Waals surface area contributed by atoms with E-state index in [1.54, 1.807) is 24.2 Å². The fourth-order valence-electron chi connectivity index (χ4n) is 2.05. The van der Waals surface area contributed by atoms with Gasteiger partial charge in [0.25, 0.3) is 0 Å². The minimum absolute atomic E-state index is 0.774. The Morgan fingerprint density at radius 2 is 2.16 bits per heavy atom. The van der Waals surface area contributed by atoms with Crippen molar-refractivity contribution in [1.29, 1.82) is 0 Å². The summed E-state index contributed by atoms with van der Waals surface area (Å²) in [5, 5.41) is 1.02. The molecular weight excluding hydrogens is 256 g/mol. The molecule has 0 saturated carbocycles. The summed E-state index contributed by atoms with van der Waals surface area (Å²) in [6.07, 6.45) is 3.52. The first-order valence-electron chi connectivity index (χ1n) is 6.04. The fraction of sp³-hybridized carbons (Fsp3) is 0.133. The van der Waals surface area contributed by atoms with Crippen molar-refractivity contribution < 1.29 is 4.42 Å². The molecule has 19 heavy (non-hydrogen) atoms. The second kappa shape index (κ2) is 4.97. The van der Waals surface area contributed by atoms with E-state index in [0.29, 0.717) is 0 Å². The van der Waals surface area contributed by atoms with E-state index in [0.717, 1.165) is 28.1 Å². The maximum Gasteiger partial charge on any atom is 0.114 e. The van der Waals surface area contributed by atoms with Gasteiger partial charge in [-0.2, -0.15) is 0 Å². The Morgan fingerprint density at radius 1 is 1.26 bits per heavy atom. The predicted octanol–water partition coefficient (Wildman–Crippen LogP) is 4.01. The summed E-state index contributed by atoms with van der Waals surface area (Å²) >= 11 is 1.75. The van der Waals surface area contributed by atoms with E-state index >= 15 is 0 Å². The number of anilines is 1. The number of pyridine rings is 1. The predicted molar refractivity (Wildman–Crippen MR) is 79.2 cm³/mol. The number of nitrogens with two attached hydrogens (primary N) is 1. The summed E-state index contributed by atoms with van der Waals surface area (Å²) < 4.78 is 5.30. The number of rotatable bonds is 3. The topological polar surface area (TPSA) is 52.0 Å². The number of benzene rings is 1. The van der Waals surface area contributed by atoms with Crippen LogP contribution in [-0.4, -0.2) is 4.98 Å². The largest absolute Gasteiger partial charge is 0.468 e. The first-order valence-corrected chi connectivity index (χ1v) is 7.03. The van der Waals surface area contributed by atoms with E-state index in [1.807, 2.05) is 37.3 Å². The number of nitrogen functional groups attached to an aromatic ring is 1. The quantitative estimate of drug-likeness (QED) is 0.577. The van der Waals surface area contributed by atoms with Crippen LogP contribution in [0.2, 0.25) is 0 Å². The number of hydrogen-bond donors (Lipinski definition) is 1. The van der Waals surface area contributed by atoms with Gasteiger partial charge in [0.05, 0.1) is 11.8 Å². The SMILES string of the molecule is Cc1occc1SCc1ccc(N)c2cccnc12. The highest BCUT2D eigenvalue weighted by Crippen LogP contribution is 2.30. The average Bonchev–Trinajstić information content (AvgIpc) is 2.84. The van der Waals surface area contributed by atoms with Crippen LogP contribution in [0, 0.1) is 6.92 Å². The number of aryl methyl sites for hydroxylation is 1. The lowest BCUT2D eigenvalue weighted by Crippen LogP contribution is -1.92. The molecule has 1 aromatic carbocycles. The van der Waals surface area contributed by atoms with E-state index in [-0.39, 0.29) is 0 Å². The second-order valence-electron chi connectivity index (χ2n) is 4.34. The third kappa shape index (κ3) is 2.31. The molecule has 4 heteroatoms. The molecule has 2 aromatic heterocycles. The van der Waals surface area contributed by atoms with Crippen LogP contribution >= 0.6 is 11.8 Å². The van der Waals surface area contributed by atoms with Crippen LogP contribution in [-0.2, 0) is 5.75 Å². The van der Waals surface area contributed by atoms with Crippen LogP contribution in [0.3, 0.4) is 0 Å². The molecule has 0 fully saturated rings. The molecule has 3 nitrogen and oxygen atoms in total. The lowest BCUT2D eigenvalue weighted by molar-refractivity contribution is 0.527. The van der Waals surface area contributed by atoms with Crippen LogP contribution in [0.4, 0.5) is 5.69 Å². The van der Waals surface area contributed by atoms with Gasteiger partial charge in [-0.1, -0.05) is 6.07 Å². The van der Waals surface area contributed by atoms with Crippen molar-refractivity contribution in [2.75, 3.05) is 5.73 Å². The van der Waals surface area contributed by atoms with E-state index in [2.05, 4.69) is 4.98 Å². The van der Waals surface area contributed by atoms with E-state index in [9.17, 15) is 0 Å². The first-order chi connectivity index (χ1) is 9.25. The number of hydrogen-bond acceptors (Lipinski definition) is 4. The van der Waals surface area contributed by atoms with Gasteiger partial charge in [-0.3, -0.25) is 4.98 Å². The van der Waals surface area contributed by atoms with E-state index in [1.165, 1.54) is 10.5 Å². The van der Waals surface area contributed by atoms with Gasteiger partial charge >= 0.3 is 0 Å². The molecule has 3 rings (SSSR count). The Bertz CT molecular complexity index is 721. The van der Waals surface area contributed by atoms with Gasteiger partial charge in [-0.15, -0.1) is 11.8 Å². The van der Waals surface area contributed by atoms with Crippen molar-refractivity contribution >= 4 is 28.4 Å². The summed E-state index contributed by atoms with van der Waals surface area (Å²) in [5.41, 5.74) is 8.93. The van der Waals surface area contributed by atoms with Crippen molar-refractivity contribution in [3.8, 4) is 0 Å². The minimum Gasteiger partial charge on any atom is -0.468 e. The smallest absolute Gasteiger partial charge is 0.114 e. The zero-order valence-electron chi connectivity index (χ0n) is 10.6. The van der Waals surface area contributed by atoms with Gasteiger partial charge in [0, 0.05) is 27.9 Å². The third-order valence-electron chi connectivity index (χ3n) is 3.08. The highest BCUT2D eigenvalue weighted by molar-refractivity contribution is 7.98. The van der Waals surface area contributed by atoms with Crippen molar-refractivity contribution in [2.24, 2.45) is 0 Å². The molecule has 0 spiro atoms. The Kier molecular flexibility index (Phi) is 3.17. The molecular formula is C15H14N2OS. The van der Waals surface area contributed by atoms with Crippen LogP contribution in [0.1, 0.15) is 11.3 Å². The van der Waals surface area contributed by atoms with Crippen LogP contribution in [0.5, 0.6) is 0 Å². The summed E-state index contributed by atoms with van der Waals surface area (Å²) in [7, 11) is 0. The van der Waals surface area contributed by atoms with Crippen molar-refractivity contribution in [3.63, 3.8) is 0 Å². The molecule has 2 heterocycles. The molecule has 0 aliphatic heterocycles. The minimum atomic E-state index is 0.774. The van der Waals surface area contributed by atoms with E-state index in [4.69, 9.17) is 10.2 Å².